The third kappa shape index (κ3) is 6.07. The molecule has 122 valence electrons. The Morgan fingerprint density at radius 3 is 2.00 bits per heavy atom. The molecule has 0 rings (SSSR count). The molecule has 0 saturated heterocycles. The molecule has 0 aliphatic carbocycles. The predicted octanol–water partition coefficient (Wildman–Crippen LogP) is 2.48. The van der Waals surface area contributed by atoms with Gasteiger partial charge >= 0.3 is 17.7 Å². The molecular weight excluding hydrogens is 305 g/mol. The molecule has 21 heavy (non-hydrogen) atoms. The van der Waals surface area contributed by atoms with Crippen LogP contribution in [0, 0.1) is 11.8 Å². The van der Waals surface area contributed by atoms with E-state index in [0.29, 0.717) is 0 Å². The second-order valence-corrected chi connectivity index (χ2v) is 10.3. The van der Waals surface area contributed by atoms with Crippen molar-refractivity contribution in [2.75, 3.05) is 6.61 Å². The number of esters is 1. The van der Waals surface area contributed by atoms with Gasteiger partial charge in [0.2, 0.25) is 0 Å². The number of ether oxygens (including phenoxy) is 1. The van der Waals surface area contributed by atoms with Gasteiger partial charge in [-0.25, -0.2) is 4.79 Å². The molecule has 0 radical (unpaired) electrons. The number of alkyl halides is 3. The van der Waals surface area contributed by atoms with Gasteiger partial charge in [0.15, 0.2) is 8.32 Å². The molecule has 0 aliphatic rings. The predicted molar refractivity (Wildman–Crippen MR) is 73.9 cm³/mol. The summed E-state index contributed by atoms with van der Waals surface area (Å²) in [4.78, 5) is 11.4. The lowest BCUT2D eigenvalue weighted by molar-refractivity contribution is -0.242. The van der Waals surface area contributed by atoms with E-state index in [9.17, 15) is 23.1 Å². The summed E-state index contributed by atoms with van der Waals surface area (Å²) in [6.45, 7) is 9.52. The molecule has 4 nitrogen and oxygen atoms in total. The van der Waals surface area contributed by atoms with Crippen molar-refractivity contribution in [3.8, 4) is 11.8 Å². The summed E-state index contributed by atoms with van der Waals surface area (Å²) in [5.41, 5.74) is -5.08. The molecule has 0 aromatic heterocycles. The number of aliphatic hydroxyl groups is 1. The van der Waals surface area contributed by atoms with E-state index in [1.54, 1.807) is 5.92 Å². The molecule has 0 amide bonds. The van der Waals surface area contributed by atoms with Crippen LogP contribution in [0.5, 0.6) is 0 Å². The SMILES string of the molecule is CCOC(=O)[C@@](O)(C#CC(C)(C)O[Si](C)(C)C)C(F)(F)F. The Labute approximate surface area is 123 Å². The number of hydrogen-bond donors (Lipinski definition) is 1. The Hall–Kier alpha value is -1.04. The summed E-state index contributed by atoms with van der Waals surface area (Å²) in [7, 11) is -2.06. The molecule has 0 heterocycles. The minimum atomic E-state index is -5.26. The van der Waals surface area contributed by atoms with Crippen molar-refractivity contribution in [2.24, 2.45) is 0 Å². The number of halogens is 3. The van der Waals surface area contributed by atoms with Gasteiger partial charge in [-0.15, -0.1) is 0 Å². The van der Waals surface area contributed by atoms with Crippen LogP contribution < -0.4 is 0 Å². The summed E-state index contributed by atoms with van der Waals surface area (Å²) in [6, 6.07) is 0. The number of carbonyl (C=O) groups excluding carboxylic acids is 1. The fraction of sp³-hybridized carbons (Fsp3) is 0.769. The van der Waals surface area contributed by atoms with Crippen LogP contribution in [0.3, 0.4) is 0 Å². The monoisotopic (exact) mass is 326 g/mol. The number of carbonyl (C=O) groups is 1. The molecule has 0 unspecified atom stereocenters. The molecule has 0 aromatic rings. The van der Waals surface area contributed by atoms with E-state index < -0.39 is 31.7 Å². The van der Waals surface area contributed by atoms with E-state index in [-0.39, 0.29) is 6.61 Å². The first-order valence-electron chi connectivity index (χ1n) is 6.35. The minimum absolute atomic E-state index is 0.298. The highest BCUT2D eigenvalue weighted by Crippen LogP contribution is 2.31. The van der Waals surface area contributed by atoms with Gasteiger partial charge in [0.25, 0.3) is 0 Å². The van der Waals surface area contributed by atoms with Crippen LogP contribution in [0.15, 0.2) is 0 Å². The second-order valence-electron chi connectivity index (χ2n) is 5.90. The highest BCUT2D eigenvalue weighted by Gasteiger charge is 2.60. The van der Waals surface area contributed by atoms with E-state index in [1.165, 1.54) is 20.8 Å². The second kappa shape index (κ2) is 6.38. The van der Waals surface area contributed by atoms with Crippen LogP contribution in [0.4, 0.5) is 13.2 Å². The highest BCUT2D eigenvalue weighted by atomic mass is 28.4. The Balaban J connectivity index is 5.56. The van der Waals surface area contributed by atoms with E-state index in [4.69, 9.17) is 4.43 Å². The van der Waals surface area contributed by atoms with Crippen molar-refractivity contribution in [3.63, 3.8) is 0 Å². The van der Waals surface area contributed by atoms with Crippen molar-refractivity contribution in [3.05, 3.63) is 0 Å². The van der Waals surface area contributed by atoms with Crippen molar-refractivity contribution in [1.29, 1.82) is 0 Å². The smallest absolute Gasteiger partial charge is 0.440 e. The minimum Gasteiger partial charge on any atom is -0.463 e. The van der Waals surface area contributed by atoms with Crippen LogP contribution in [0.2, 0.25) is 19.6 Å². The topological polar surface area (TPSA) is 55.8 Å². The van der Waals surface area contributed by atoms with Gasteiger partial charge < -0.3 is 14.3 Å². The van der Waals surface area contributed by atoms with Crippen LogP contribution in [-0.4, -0.2) is 43.4 Å². The summed E-state index contributed by atoms with van der Waals surface area (Å²) in [5, 5.41) is 9.59. The fourth-order valence-electron chi connectivity index (χ4n) is 1.51. The zero-order valence-corrected chi connectivity index (χ0v) is 14.0. The maximum atomic E-state index is 12.9. The molecule has 8 heteroatoms. The zero-order chi connectivity index (χ0) is 17.1. The Bertz CT molecular complexity index is 443. The molecule has 0 spiro atoms. The zero-order valence-electron chi connectivity index (χ0n) is 13.0. The van der Waals surface area contributed by atoms with Crippen molar-refractivity contribution >= 4 is 14.3 Å². The standard InChI is InChI=1S/C13H21F3O4Si/c1-7-19-10(17)12(18,13(14,15)16)9-8-11(2,3)20-21(4,5)6/h18H,7H2,1-6H3/t12-/m0/s1. The first-order valence-corrected chi connectivity index (χ1v) is 9.76. The quantitative estimate of drug-likeness (QED) is 0.490. The molecule has 0 saturated carbocycles. The number of hydrogen-bond acceptors (Lipinski definition) is 4. The van der Waals surface area contributed by atoms with Gasteiger partial charge in [0, 0.05) is 0 Å². The lowest BCUT2D eigenvalue weighted by Crippen LogP contribution is -2.52. The highest BCUT2D eigenvalue weighted by molar-refractivity contribution is 6.69. The third-order valence-corrected chi connectivity index (χ3v) is 3.21. The van der Waals surface area contributed by atoms with Crippen molar-refractivity contribution < 1.29 is 32.2 Å². The maximum Gasteiger partial charge on any atom is 0.440 e. The van der Waals surface area contributed by atoms with Gasteiger partial charge in [-0.1, -0.05) is 5.92 Å². The number of rotatable bonds is 4. The molecule has 1 atom stereocenters. The normalized spacial score (nSPS) is 15.7. The summed E-state index contributed by atoms with van der Waals surface area (Å²) < 4.78 is 48.6. The van der Waals surface area contributed by atoms with Gasteiger partial charge in [-0.2, -0.15) is 13.2 Å². The van der Waals surface area contributed by atoms with Crippen LogP contribution in [-0.2, 0) is 14.0 Å². The molecular formula is C13H21F3O4Si. The van der Waals surface area contributed by atoms with E-state index in [0.717, 1.165) is 0 Å². The molecule has 0 aliphatic heterocycles. The third-order valence-electron chi connectivity index (χ3n) is 2.09. The molecule has 0 aromatic carbocycles. The lowest BCUT2D eigenvalue weighted by atomic mass is 10.0. The Morgan fingerprint density at radius 1 is 1.19 bits per heavy atom. The van der Waals surface area contributed by atoms with Crippen LogP contribution in [0.1, 0.15) is 20.8 Å². The molecule has 0 fully saturated rings. The summed E-state index contributed by atoms with van der Waals surface area (Å²) in [6.07, 6.45) is -5.26. The first-order chi connectivity index (χ1) is 9.15. The van der Waals surface area contributed by atoms with E-state index in [1.807, 2.05) is 19.6 Å². The van der Waals surface area contributed by atoms with Gasteiger partial charge in [-0.05, 0) is 46.3 Å². The summed E-state index contributed by atoms with van der Waals surface area (Å²) >= 11 is 0. The van der Waals surface area contributed by atoms with Crippen molar-refractivity contribution in [2.45, 2.75) is 57.8 Å². The van der Waals surface area contributed by atoms with Crippen LogP contribution in [0.25, 0.3) is 0 Å². The average molecular weight is 326 g/mol. The van der Waals surface area contributed by atoms with Crippen molar-refractivity contribution in [1.82, 2.24) is 0 Å². The summed E-state index contributed by atoms with van der Waals surface area (Å²) in [5.74, 6) is 1.94. The molecule has 1 N–H and O–H groups in total. The largest absolute Gasteiger partial charge is 0.463 e. The van der Waals surface area contributed by atoms with Crippen LogP contribution >= 0.6 is 0 Å². The lowest BCUT2D eigenvalue weighted by Gasteiger charge is -2.29. The van der Waals surface area contributed by atoms with Gasteiger partial charge in [0.1, 0.15) is 5.60 Å². The fourth-order valence-corrected chi connectivity index (χ4v) is 3.09. The van der Waals surface area contributed by atoms with Gasteiger partial charge in [-0.3, -0.25) is 0 Å². The Kier molecular flexibility index (Phi) is 6.06. The van der Waals surface area contributed by atoms with E-state index in [2.05, 4.69) is 10.7 Å². The average Bonchev–Trinajstić information content (AvgIpc) is 2.21. The molecule has 0 bridgehead atoms. The van der Waals surface area contributed by atoms with E-state index >= 15 is 0 Å². The maximum absolute atomic E-state index is 12.9. The Morgan fingerprint density at radius 2 is 1.67 bits per heavy atom. The first kappa shape index (κ1) is 20.0. The van der Waals surface area contributed by atoms with Gasteiger partial charge in [0.05, 0.1) is 6.61 Å².